The maximum absolute atomic E-state index is 11.8. The van der Waals surface area contributed by atoms with E-state index in [9.17, 15) is 4.79 Å². The molecule has 0 aliphatic heterocycles. The summed E-state index contributed by atoms with van der Waals surface area (Å²) in [6.07, 6.45) is 7.97. The summed E-state index contributed by atoms with van der Waals surface area (Å²) in [4.78, 5) is 19.6. The lowest BCUT2D eigenvalue weighted by atomic mass is 10.0. The number of carbonyl (C=O) groups excluding carboxylic acids is 1. The molecule has 1 aromatic heterocycles. The molecule has 17 heavy (non-hydrogen) atoms. The van der Waals surface area contributed by atoms with E-state index in [1.807, 2.05) is 0 Å². The van der Waals surface area contributed by atoms with Crippen molar-refractivity contribution < 1.29 is 4.79 Å². The summed E-state index contributed by atoms with van der Waals surface area (Å²) in [5.41, 5.74) is 0.746. The standard InChI is InChI=1S/C12H14ClN3O/c13-10-6-14-9(5-15-10)11(17)16-7-12(3-4-12)8-1-2-8/h5-6,8H,1-4,7H2,(H,16,17). The average molecular weight is 252 g/mol. The van der Waals surface area contributed by atoms with Gasteiger partial charge in [-0.25, -0.2) is 9.97 Å². The molecule has 0 radical (unpaired) electrons. The van der Waals surface area contributed by atoms with Crippen LogP contribution in [0.5, 0.6) is 0 Å². The summed E-state index contributed by atoms with van der Waals surface area (Å²) < 4.78 is 0. The van der Waals surface area contributed by atoms with Gasteiger partial charge in [-0.2, -0.15) is 0 Å². The fourth-order valence-corrected chi connectivity index (χ4v) is 2.46. The van der Waals surface area contributed by atoms with Gasteiger partial charge in [-0.15, -0.1) is 0 Å². The number of rotatable bonds is 4. The molecule has 1 heterocycles. The molecule has 1 amide bonds. The van der Waals surface area contributed by atoms with Crippen molar-refractivity contribution in [3.05, 3.63) is 23.2 Å². The van der Waals surface area contributed by atoms with E-state index in [1.54, 1.807) is 0 Å². The van der Waals surface area contributed by atoms with Crippen LogP contribution in [0.1, 0.15) is 36.2 Å². The van der Waals surface area contributed by atoms with Crippen LogP contribution in [-0.2, 0) is 0 Å². The number of hydrogen-bond donors (Lipinski definition) is 1. The van der Waals surface area contributed by atoms with Crippen LogP contribution in [0.4, 0.5) is 0 Å². The van der Waals surface area contributed by atoms with Crippen LogP contribution >= 0.6 is 11.6 Å². The van der Waals surface area contributed by atoms with Crippen molar-refractivity contribution in [3.63, 3.8) is 0 Å². The Morgan fingerprint density at radius 2 is 2.18 bits per heavy atom. The summed E-state index contributed by atoms with van der Waals surface area (Å²) in [6.45, 7) is 0.779. The molecule has 0 saturated heterocycles. The predicted octanol–water partition coefficient (Wildman–Crippen LogP) is 2.05. The van der Waals surface area contributed by atoms with Gasteiger partial charge >= 0.3 is 0 Å². The molecule has 1 aromatic rings. The molecule has 90 valence electrons. The number of carbonyl (C=O) groups is 1. The number of nitrogens with one attached hydrogen (secondary N) is 1. The second-order valence-corrected chi connectivity index (χ2v) is 5.43. The number of halogens is 1. The molecule has 3 rings (SSSR count). The molecule has 2 aliphatic carbocycles. The lowest BCUT2D eigenvalue weighted by molar-refractivity contribution is 0.0937. The van der Waals surface area contributed by atoms with Gasteiger partial charge in [0, 0.05) is 6.54 Å². The molecule has 1 N–H and O–H groups in total. The Hall–Kier alpha value is -1.16. The molecule has 2 saturated carbocycles. The van der Waals surface area contributed by atoms with E-state index in [4.69, 9.17) is 11.6 Å². The number of amides is 1. The molecule has 0 aromatic carbocycles. The summed E-state index contributed by atoms with van der Waals surface area (Å²) in [5.74, 6) is 0.695. The van der Waals surface area contributed by atoms with Crippen LogP contribution < -0.4 is 5.32 Å². The Bertz CT molecular complexity index is 438. The largest absolute Gasteiger partial charge is 0.350 e. The van der Waals surface area contributed by atoms with Gasteiger partial charge in [0.15, 0.2) is 0 Å². The first-order chi connectivity index (χ1) is 8.20. The molecule has 0 spiro atoms. The first-order valence-corrected chi connectivity index (χ1v) is 6.33. The Balaban J connectivity index is 1.58. The third kappa shape index (κ3) is 2.27. The van der Waals surface area contributed by atoms with Gasteiger partial charge < -0.3 is 5.32 Å². The van der Waals surface area contributed by atoms with Crippen molar-refractivity contribution in [2.24, 2.45) is 11.3 Å². The topological polar surface area (TPSA) is 54.9 Å². The van der Waals surface area contributed by atoms with Crippen LogP contribution in [0.3, 0.4) is 0 Å². The predicted molar refractivity (Wildman–Crippen MR) is 63.8 cm³/mol. The van der Waals surface area contributed by atoms with Crippen molar-refractivity contribution in [2.45, 2.75) is 25.7 Å². The van der Waals surface area contributed by atoms with E-state index < -0.39 is 0 Å². The lowest BCUT2D eigenvalue weighted by Gasteiger charge is -2.14. The zero-order valence-electron chi connectivity index (χ0n) is 9.45. The van der Waals surface area contributed by atoms with Gasteiger partial charge in [-0.3, -0.25) is 4.79 Å². The fraction of sp³-hybridized carbons (Fsp3) is 0.583. The molecule has 5 heteroatoms. The summed E-state index contributed by atoms with van der Waals surface area (Å²) in [7, 11) is 0. The zero-order chi connectivity index (χ0) is 11.9. The van der Waals surface area contributed by atoms with Crippen molar-refractivity contribution >= 4 is 17.5 Å². The normalized spacial score (nSPS) is 21.0. The Kier molecular flexibility index (Phi) is 2.54. The van der Waals surface area contributed by atoms with E-state index in [2.05, 4.69) is 15.3 Å². The van der Waals surface area contributed by atoms with E-state index in [0.29, 0.717) is 16.3 Å². The lowest BCUT2D eigenvalue weighted by Crippen LogP contribution is -2.31. The summed E-state index contributed by atoms with van der Waals surface area (Å²) in [6, 6.07) is 0. The second kappa shape index (κ2) is 3.95. The number of hydrogen-bond acceptors (Lipinski definition) is 3. The van der Waals surface area contributed by atoms with Crippen molar-refractivity contribution in [3.8, 4) is 0 Å². The minimum absolute atomic E-state index is 0.152. The molecule has 0 unspecified atom stereocenters. The van der Waals surface area contributed by atoms with Crippen LogP contribution in [0.25, 0.3) is 0 Å². The van der Waals surface area contributed by atoms with Gasteiger partial charge in [0.2, 0.25) is 0 Å². The smallest absolute Gasteiger partial charge is 0.271 e. The molecule has 2 aliphatic rings. The highest BCUT2D eigenvalue weighted by atomic mass is 35.5. The summed E-state index contributed by atoms with van der Waals surface area (Å²) in [5, 5.41) is 3.26. The van der Waals surface area contributed by atoms with Gasteiger partial charge in [-0.05, 0) is 37.0 Å². The quantitative estimate of drug-likeness (QED) is 0.891. The van der Waals surface area contributed by atoms with Crippen LogP contribution in [-0.4, -0.2) is 22.4 Å². The van der Waals surface area contributed by atoms with Gasteiger partial charge in [0.05, 0.1) is 12.4 Å². The SMILES string of the molecule is O=C(NCC1(C2CC2)CC1)c1cnc(Cl)cn1. The Morgan fingerprint density at radius 3 is 2.71 bits per heavy atom. The first-order valence-electron chi connectivity index (χ1n) is 5.95. The van der Waals surface area contributed by atoms with Crippen molar-refractivity contribution in [2.75, 3.05) is 6.54 Å². The van der Waals surface area contributed by atoms with E-state index in [1.165, 1.54) is 38.1 Å². The minimum atomic E-state index is -0.152. The molecule has 2 fully saturated rings. The monoisotopic (exact) mass is 251 g/mol. The van der Waals surface area contributed by atoms with E-state index in [0.717, 1.165) is 12.5 Å². The van der Waals surface area contributed by atoms with Crippen molar-refractivity contribution in [1.29, 1.82) is 0 Å². The Labute approximate surface area is 105 Å². The number of aromatic nitrogens is 2. The van der Waals surface area contributed by atoms with Crippen LogP contribution in [0.2, 0.25) is 5.15 Å². The highest BCUT2D eigenvalue weighted by molar-refractivity contribution is 6.29. The van der Waals surface area contributed by atoms with E-state index >= 15 is 0 Å². The van der Waals surface area contributed by atoms with Crippen LogP contribution in [0, 0.1) is 11.3 Å². The first kappa shape index (κ1) is 11.0. The maximum atomic E-state index is 11.8. The number of nitrogens with zero attached hydrogens (tertiary/aromatic N) is 2. The molecular formula is C12H14ClN3O. The van der Waals surface area contributed by atoms with Crippen molar-refractivity contribution in [1.82, 2.24) is 15.3 Å². The average Bonchev–Trinajstić information content (AvgIpc) is 3.17. The fourth-order valence-electron chi connectivity index (χ4n) is 2.36. The van der Waals surface area contributed by atoms with Crippen LogP contribution in [0.15, 0.2) is 12.4 Å². The second-order valence-electron chi connectivity index (χ2n) is 5.04. The Morgan fingerprint density at radius 1 is 1.41 bits per heavy atom. The molecule has 0 bridgehead atoms. The summed E-state index contributed by atoms with van der Waals surface area (Å²) >= 11 is 5.62. The van der Waals surface area contributed by atoms with Gasteiger partial charge in [0.1, 0.15) is 10.8 Å². The third-order valence-electron chi connectivity index (χ3n) is 3.79. The third-order valence-corrected chi connectivity index (χ3v) is 3.98. The molecule has 0 atom stereocenters. The zero-order valence-corrected chi connectivity index (χ0v) is 10.2. The highest BCUT2D eigenvalue weighted by Crippen LogP contribution is 2.60. The minimum Gasteiger partial charge on any atom is -0.350 e. The van der Waals surface area contributed by atoms with E-state index in [-0.39, 0.29) is 5.91 Å². The highest BCUT2D eigenvalue weighted by Gasteiger charge is 2.53. The maximum Gasteiger partial charge on any atom is 0.271 e. The molecular weight excluding hydrogens is 238 g/mol. The van der Waals surface area contributed by atoms with Gasteiger partial charge in [-0.1, -0.05) is 11.6 Å². The van der Waals surface area contributed by atoms with Gasteiger partial charge in [0.25, 0.3) is 5.91 Å². The molecule has 4 nitrogen and oxygen atoms in total.